The minimum Gasteiger partial charge on any atom is -0.495 e. The summed E-state index contributed by atoms with van der Waals surface area (Å²) in [6.07, 6.45) is 1.32. The summed E-state index contributed by atoms with van der Waals surface area (Å²) in [5.41, 5.74) is 2.08. The topological polar surface area (TPSA) is 138 Å². The number of fused-ring (bicyclic) bond motifs is 1. The summed E-state index contributed by atoms with van der Waals surface area (Å²) < 4.78 is 46.0. The first-order chi connectivity index (χ1) is 22.2. The van der Waals surface area contributed by atoms with Crippen LogP contribution in [0.3, 0.4) is 0 Å². The van der Waals surface area contributed by atoms with Crippen LogP contribution in [0.5, 0.6) is 5.75 Å². The lowest BCUT2D eigenvalue weighted by molar-refractivity contribution is -0.137. The second-order valence-electron chi connectivity index (χ2n) is 10.9. The van der Waals surface area contributed by atoms with Crippen molar-refractivity contribution in [1.29, 1.82) is 0 Å². The summed E-state index contributed by atoms with van der Waals surface area (Å²) in [6, 6.07) is 15.9. The highest BCUT2D eigenvalue weighted by Gasteiger charge is 2.32. The number of hydrogen-bond acceptors (Lipinski definition) is 8. The van der Waals surface area contributed by atoms with E-state index in [9.17, 15) is 22.8 Å². The number of methoxy groups -OCH3 is 1. The van der Waals surface area contributed by atoms with Crippen molar-refractivity contribution in [2.45, 2.75) is 50.7 Å². The third kappa shape index (κ3) is 6.93. The fraction of sp³-hybridized carbons (Fsp3) is 0.290. The molecule has 0 aliphatic heterocycles. The summed E-state index contributed by atoms with van der Waals surface area (Å²) in [4.78, 5) is 32.1. The average Bonchev–Trinajstić information content (AvgIpc) is 3.73. The van der Waals surface area contributed by atoms with E-state index in [0.717, 1.165) is 41.9 Å². The Balaban J connectivity index is 1.26. The van der Waals surface area contributed by atoms with Gasteiger partial charge in [0.25, 0.3) is 11.9 Å². The van der Waals surface area contributed by atoms with Crippen molar-refractivity contribution >= 4 is 50.3 Å². The average molecular weight is 651 g/mol. The second-order valence-corrected chi connectivity index (χ2v) is 11.9. The van der Waals surface area contributed by atoms with E-state index in [1.165, 1.54) is 36.8 Å². The molecule has 0 atom stereocenters. The van der Waals surface area contributed by atoms with Gasteiger partial charge >= 0.3 is 12.2 Å². The highest BCUT2D eigenvalue weighted by molar-refractivity contribution is 7.22. The number of thiazole rings is 1. The Hall–Kier alpha value is -5.05. The molecule has 1 saturated carbocycles. The standard InChI is InChI=1S/C31H29F3N8O3S/c1-45-25-16-22(31(32,33)34)15-24-26(25)46-29(35-24)37-30(44)42(23-13-11-20(12-14-23)19-5-3-2-4-6-19)17-18-7-9-21(10-8-18)27(43)36-28-38-40-41-39-28/h7-16,19H,2-6,17H2,1H3,(H,35,37,44)(H2,36,38,39,40,41,43). The molecule has 15 heteroatoms. The SMILES string of the molecule is COc1cc(C(F)(F)F)cc2nc(NC(=O)N(Cc3ccc(C(=O)Nc4nn[nH]n4)cc3)c3ccc(C4CCCCC4)cc3)sc12. The first-order valence-corrected chi connectivity index (χ1v) is 15.4. The summed E-state index contributed by atoms with van der Waals surface area (Å²) in [5.74, 6) is 0.105. The van der Waals surface area contributed by atoms with Crippen LogP contribution in [-0.4, -0.2) is 44.7 Å². The zero-order chi connectivity index (χ0) is 32.3. The van der Waals surface area contributed by atoms with Crippen LogP contribution >= 0.6 is 11.3 Å². The third-order valence-corrected chi connectivity index (χ3v) is 8.87. The molecule has 11 nitrogen and oxygen atoms in total. The van der Waals surface area contributed by atoms with Crippen LogP contribution in [0.1, 0.15) is 65.1 Å². The number of halogens is 3. The number of hydrogen-bond donors (Lipinski definition) is 3. The van der Waals surface area contributed by atoms with Crippen LogP contribution in [0.25, 0.3) is 10.2 Å². The predicted octanol–water partition coefficient (Wildman–Crippen LogP) is 7.38. The zero-order valence-corrected chi connectivity index (χ0v) is 25.4. The Morgan fingerprint density at radius 1 is 1.02 bits per heavy atom. The monoisotopic (exact) mass is 650 g/mol. The molecular weight excluding hydrogens is 621 g/mol. The number of aromatic nitrogens is 5. The van der Waals surface area contributed by atoms with Gasteiger partial charge in [0.2, 0.25) is 0 Å². The summed E-state index contributed by atoms with van der Waals surface area (Å²) in [7, 11) is 1.28. The van der Waals surface area contributed by atoms with Crippen molar-refractivity contribution in [2.75, 3.05) is 22.6 Å². The van der Waals surface area contributed by atoms with Crippen LogP contribution in [0.15, 0.2) is 60.7 Å². The number of amides is 3. The van der Waals surface area contributed by atoms with Gasteiger partial charge in [0.05, 0.1) is 29.4 Å². The van der Waals surface area contributed by atoms with Gasteiger partial charge < -0.3 is 4.74 Å². The van der Waals surface area contributed by atoms with E-state index >= 15 is 0 Å². The van der Waals surface area contributed by atoms with Crippen LogP contribution in [-0.2, 0) is 12.7 Å². The number of nitrogens with zero attached hydrogens (tertiary/aromatic N) is 5. The number of anilines is 3. The lowest BCUT2D eigenvalue weighted by Gasteiger charge is -2.25. The third-order valence-electron chi connectivity index (χ3n) is 7.87. The molecule has 1 aliphatic rings. The highest BCUT2D eigenvalue weighted by Crippen LogP contribution is 2.40. The molecule has 46 heavy (non-hydrogen) atoms. The quantitative estimate of drug-likeness (QED) is 0.159. The van der Waals surface area contributed by atoms with Gasteiger partial charge in [0, 0.05) is 11.3 Å². The van der Waals surface area contributed by atoms with E-state index in [-0.39, 0.29) is 28.9 Å². The van der Waals surface area contributed by atoms with Crippen molar-refractivity contribution in [3.05, 3.63) is 82.9 Å². The van der Waals surface area contributed by atoms with Crippen molar-refractivity contribution < 1.29 is 27.5 Å². The lowest BCUT2D eigenvalue weighted by atomic mass is 9.84. The maximum atomic E-state index is 13.8. The maximum Gasteiger partial charge on any atom is 0.416 e. The summed E-state index contributed by atoms with van der Waals surface area (Å²) >= 11 is 1.02. The molecule has 3 aromatic carbocycles. The van der Waals surface area contributed by atoms with Gasteiger partial charge in [0.15, 0.2) is 5.13 Å². The van der Waals surface area contributed by atoms with Crippen molar-refractivity contribution in [2.24, 2.45) is 0 Å². The molecule has 1 fully saturated rings. The maximum absolute atomic E-state index is 13.8. The van der Waals surface area contributed by atoms with Crippen LogP contribution in [0, 0.1) is 0 Å². The molecular formula is C31H29F3N8O3S. The van der Waals surface area contributed by atoms with Crippen LogP contribution in [0.2, 0.25) is 0 Å². The highest BCUT2D eigenvalue weighted by atomic mass is 32.1. The van der Waals surface area contributed by atoms with Crippen molar-refractivity contribution in [3.8, 4) is 5.75 Å². The summed E-state index contributed by atoms with van der Waals surface area (Å²) in [6.45, 7) is 0.133. The fourth-order valence-corrected chi connectivity index (χ4v) is 6.43. The second kappa shape index (κ2) is 13.1. The first-order valence-electron chi connectivity index (χ1n) is 14.6. The molecule has 238 valence electrons. The van der Waals surface area contributed by atoms with E-state index in [1.54, 1.807) is 24.3 Å². The minimum atomic E-state index is -4.58. The number of benzene rings is 3. The molecule has 2 aromatic heterocycles. The number of ether oxygens (including phenoxy) is 1. The van der Waals surface area contributed by atoms with Gasteiger partial charge in [-0.1, -0.05) is 60.0 Å². The molecule has 3 N–H and O–H groups in total. The largest absolute Gasteiger partial charge is 0.495 e. The Kier molecular flexibility index (Phi) is 8.83. The molecule has 1 aliphatic carbocycles. The Morgan fingerprint density at radius 3 is 2.41 bits per heavy atom. The molecule has 6 rings (SSSR count). The van der Waals surface area contributed by atoms with E-state index in [4.69, 9.17) is 4.74 Å². The van der Waals surface area contributed by atoms with E-state index < -0.39 is 23.7 Å². The first kappa shape index (κ1) is 31.0. The number of carbonyl (C=O) groups is 2. The van der Waals surface area contributed by atoms with E-state index in [1.807, 2.05) is 24.3 Å². The van der Waals surface area contributed by atoms with E-state index in [2.05, 4.69) is 36.2 Å². The Labute approximate surface area is 265 Å². The predicted molar refractivity (Wildman–Crippen MR) is 167 cm³/mol. The van der Waals surface area contributed by atoms with Crippen LogP contribution < -0.4 is 20.3 Å². The lowest BCUT2D eigenvalue weighted by Crippen LogP contribution is -2.34. The number of alkyl halides is 3. The molecule has 0 saturated heterocycles. The van der Waals surface area contributed by atoms with Crippen molar-refractivity contribution in [1.82, 2.24) is 25.6 Å². The number of tetrazole rings is 1. The number of urea groups is 1. The normalized spacial score (nSPS) is 13.8. The smallest absolute Gasteiger partial charge is 0.416 e. The van der Waals surface area contributed by atoms with E-state index in [0.29, 0.717) is 21.9 Å². The number of nitrogens with one attached hydrogen (secondary N) is 3. The molecule has 0 unspecified atom stereocenters. The molecule has 0 radical (unpaired) electrons. The molecule has 2 heterocycles. The van der Waals surface area contributed by atoms with Gasteiger partial charge in [-0.25, -0.2) is 9.78 Å². The number of H-pyrrole nitrogens is 1. The van der Waals surface area contributed by atoms with Crippen molar-refractivity contribution in [3.63, 3.8) is 0 Å². The van der Waals surface area contributed by atoms with Gasteiger partial charge in [-0.05, 0) is 71.5 Å². The molecule has 5 aromatic rings. The Bertz CT molecular complexity index is 1820. The van der Waals surface area contributed by atoms with Gasteiger partial charge in [-0.2, -0.15) is 18.4 Å². The number of rotatable bonds is 8. The fourth-order valence-electron chi connectivity index (χ4n) is 5.51. The van der Waals surface area contributed by atoms with Gasteiger partial charge in [-0.15, -0.1) is 5.10 Å². The molecule has 3 amide bonds. The molecule has 0 spiro atoms. The zero-order valence-electron chi connectivity index (χ0n) is 24.6. The van der Waals surface area contributed by atoms with Gasteiger partial charge in [0.1, 0.15) is 5.75 Å². The van der Waals surface area contributed by atoms with Crippen LogP contribution in [0.4, 0.5) is 34.7 Å². The number of aromatic amines is 1. The molecule has 0 bridgehead atoms. The van der Waals surface area contributed by atoms with Gasteiger partial charge in [-0.3, -0.25) is 20.3 Å². The summed E-state index contributed by atoms with van der Waals surface area (Å²) in [5, 5.41) is 18.5. The Morgan fingerprint density at radius 2 is 1.76 bits per heavy atom. The number of carbonyl (C=O) groups excluding carboxylic acids is 2. The minimum absolute atomic E-state index is 0.0152.